The Balaban J connectivity index is 0.00000272. The number of hydrogen-bond acceptors (Lipinski definition) is 5. The maximum Gasteiger partial charge on any atom is 0.302 e. The Labute approximate surface area is 190 Å². The molecule has 0 atom stereocenters. The molecule has 4 rings (SSSR count). The Morgan fingerprint density at radius 2 is 1.81 bits per heavy atom. The van der Waals surface area contributed by atoms with Crippen molar-refractivity contribution in [3.63, 3.8) is 0 Å². The van der Waals surface area contributed by atoms with Crippen molar-refractivity contribution in [2.24, 2.45) is 4.99 Å². The van der Waals surface area contributed by atoms with Crippen molar-refractivity contribution in [3.8, 4) is 11.5 Å². The second kappa shape index (κ2) is 8.19. The molecule has 2 heterocycles. The molecule has 0 unspecified atom stereocenters. The van der Waals surface area contributed by atoms with E-state index in [2.05, 4.69) is 45.9 Å². The summed E-state index contributed by atoms with van der Waals surface area (Å²) in [4.78, 5) is 16.2. The van der Waals surface area contributed by atoms with Gasteiger partial charge in [0.15, 0.2) is 11.5 Å². The molecule has 6 heteroatoms. The molecular weight excluding hydrogens is 414 g/mol. The highest BCUT2D eigenvalue weighted by molar-refractivity contribution is 6.16. The fraction of sp³-hybridized carbons (Fsp3) is 0.440. The lowest BCUT2D eigenvalue weighted by molar-refractivity contribution is -0.142. The van der Waals surface area contributed by atoms with Crippen LogP contribution in [0, 0.1) is 0 Å². The van der Waals surface area contributed by atoms with Crippen LogP contribution in [0.1, 0.15) is 62.4 Å². The third kappa shape index (κ3) is 4.57. The molecule has 0 aliphatic carbocycles. The van der Waals surface area contributed by atoms with E-state index in [1.54, 1.807) is 7.11 Å². The number of rotatable bonds is 4. The van der Waals surface area contributed by atoms with E-state index in [1.165, 1.54) is 23.6 Å². The molecule has 0 spiro atoms. The Kier molecular flexibility index (Phi) is 6.12. The summed E-state index contributed by atoms with van der Waals surface area (Å²) in [5.41, 5.74) is 6.08. The first-order valence-electron chi connectivity index (χ1n) is 10.3. The maximum absolute atomic E-state index is 11.1. The van der Waals surface area contributed by atoms with Crippen LogP contribution >= 0.6 is 12.4 Å². The van der Waals surface area contributed by atoms with Crippen LogP contribution in [-0.2, 0) is 29.0 Å². The van der Waals surface area contributed by atoms with Gasteiger partial charge in [0, 0.05) is 30.0 Å². The van der Waals surface area contributed by atoms with Gasteiger partial charge in [-0.05, 0) is 51.3 Å². The lowest BCUT2D eigenvalue weighted by Crippen LogP contribution is -2.30. The molecule has 31 heavy (non-hydrogen) atoms. The average molecular weight is 444 g/mol. The fourth-order valence-electron chi connectivity index (χ4n) is 4.37. The topological polar surface area (TPSA) is 57.1 Å². The van der Waals surface area contributed by atoms with E-state index in [9.17, 15) is 4.79 Å². The summed E-state index contributed by atoms with van der Waals surface area (Å²) in [7, 11) is 1.70. The first-order chi connectivity index (χ1) is 14.1. The summed E-state index contributed by atoms with van der Waals surface area (Å²) in [6.07, 6.45) is 1.66. The molecule has 0 radical (unpaired) electrons. The second-order valence-corrected chi connectivity index (χ2v) is 9.39. The van der Waals surface area contributed by atoms with Crippen LogP contribution in [0.4, 0.5) is 0 Å². The minimum absolute atomic E-state index is 0. The monoisotopic (exact) mass is 443 g/mol. The average Bonchev–Trinajstić information content (AvgIpc) is 2.99. The summed E-state index contributed by atoms with van der Waals surface area (Å²) < 4.78 is 17.1. The van der Waals surface area contributed by atoms with E-state index in [4.69, 9.17) is 19.2 Å². The molecule has 5 nitrogen and oxygen atoms in total. The van der Waals surface area contributed by atoms with Crippen molar-refractivity contribution in [1.82, 2.24) is 0 Å². The number of carbonyl (C=O) groups excluding carboxylic acids is 1. The summed E-state index contributed by atoms with van der Waals surface area (Å²) in [5, 5.41) is 0. The zero-order valence-electron chi connectivity index (χ0n) is 19.0. The number of halogens is 1. The van der Waals surface area contributed by atoms with Gasteiger partial charge in [-0.3, -0.25) is 9.79 Å². The predicted molar refractivity (Wildman–Crippen MR) is 124 cm³/mol. The minimum Gasteiger partial charge on any atom is -0.493 e. The van der Waals surface area contributed by atoms with Gasteiger partial charge in [-0.2, -0.15) is 0 Å². The van der Waals surface area contributed by atoms with Crippen molar-refractivity contribution >= 4 is 24.1 Å². The smallest absolute Gasteiger partial charge is 0.302 e. The van der Waals surface area contributed by atoms with Crippen LogP contribution in [0.3, 0.4) is 0 Å². The van der Waals surface area contributed by atoms with E-state index in [-0.39, 0.29) is 36.1 Å². The van der Waals surface area contributed by atoms with Gasteiger partial charge in [0.25, 0.3) is 0 Å². The number of nitrogens with zero attached hydrogens (tertiary/aromatic N) is 1. The molecule has 0 aromatic heterocycles. The number of hydrogen-bond donors (Lipinski definition) is 0. The number of esters is 1. The molecule has 0 saturated heterocycles. The maximum atomic E-state index is 11.1. The number of aliphatic imine (C=N–C) groups is 1. The summed E-state index contributed by atoms with van der Waals surface area (Å²) in [6, 6.07) is 10.2. The van der Waals surface area contributed by atoms with Crippen molar-refractivity contribution < 1.29 is 19.0 Å². The highest BCUT2D eigenvalue weighted by Gasteiger charge is 2.39. The van der Waals surface area contributed by atoms with Gasteiger partial charge in [-0.15, -0.1) is 12.4 Å². The molecule has 2 aliphatic rings. The number of fused-ring (bicyclic) bond motifs is 3. The fourth-order valence-corrected chi connectivity index (χ4v) is 4.37. The SMILES string of the molecule is COc1cc2c(c3c1OC(C)(C)C3)C(c1ccc(COC(C)=O)cc1)=NC(C)(C)C2.Cl. The minimum atomic E-state index is -0.281. The summed E-state index contributed by atoms with van der Waals surface area (Å²) in [5.74, 6) is 1.35. The summed E-state index contributed by atoms with van der Waals surface area (Å²) in [6.45, 7) is 10.2. The van der Waals surface area contributed by atoms with Gasteiger partial charge in [0.2, 0.25) is 0 Å². The van der Waals surface area contributed by atoms with Gasteiger partial charge in [-0.25, -0.2) is 0 Å². The van der Waals surface area contributed by atoms with Crippen LogP contribution in [0.5, 0.6) is 11.5 Å². The van der Waals surface area contributed by atoms with Crippen LogP contribution < -0.4 is 9.47 Å². The normalized spacial score (nSPS) is 17.4. The standard InChI is InChI=1S/C25H29NO4.ClH/c1-15(27)29-14-16-7-9-17(10-8-16)22-21-18(12-24(2,3)26-22)11-20(28-6)23-19(21)13-25(4,5)30-23;/h7-11H,12-14H2,1-6H3;1H. The molecule has 0 fully saturated rings. The third-order valence-corrected chi connectivity index (χ3v) is 5.57. The van der Waals surface area contributed by atoms with Crippen molar-refractivity contribution in [2.75, 3.05) is 7.11 Å². The number of methoxy groups -OCH3 is 1. The molecule has 2 aromatic carbocycles. The quantitative estimate of drug-likeness (QED) is 0.619. The molecule has 0 N–H and O–H groups in total. The molecular formula is C25H30ClNO4. The lowest BCUT2D eigenvalue weighted by atomic mass is 9.81. The van der Waals surface area contributed by atoms with Gasteiger partial charge >= 0.3 is 5.97 Å². The van der Waals surface area contributed by atoms with E-state index < -0.39 is 0 Å². The van der Waals surface area contributed by atoms with E-state index in [0.717, 1.165) is 41.2 Å². The molecule has 2 aromatic rings. The number of benzene rings is 2. The molecule has 2 aliphatic heterocycles. The Hall–Kier alpha value is -2.53. The van der Waals surface area contributed by atoms with Gasteiger partial charge in [0.05, 0.1) is 18.4 Å². The highest BCUT2D eigenvalue weighted by atomic mass is 35.5. The highest BCUT2D eigenvalue weighted by Crippen LogP contribution is 2.47. The zero-order chi connectivity index (χ0) is 21.7. The van der Waals surface area contributed by atoms with Crippen LogP contribution in [0.2, 0.25) is 0 Å². The van der Waals surface area contributed by atoms with Gasteiger partial charge < -0.3 is 14.2 Å². The zero-order valence-corrected chi connectivity index (χ0v) is 19.8. The number of carbonyl (C=O) groups is 1. The molecule has 166 valence electrons. The van der Waals surface area contributed by atoms with Gasteiger partial charge in [0.1, 0.15) is 12.2 Å². The van der Waals surface area contributed by atoms with Gasteiger partial charge in [-0.1, -0.05) is 24.3 Å². The van der Waals surface area contributed by atoms with Crippen molar-refractivity contribution in [3.05, 3.63) is 58.1 Å². The second-order valence-electron chi connectivity index (χ2n) is 9.39. The van der Waals surface area contributed by atoms with Crippen molar-refractivity contribution in [1.29, 1.82) is 0 Å². The Morgan fingerprint density at radius 1 is 1.13 bits per heavy atom. The third-order valence-electron chi connectivity index (χ3n) is 5.57. The Bertz CT molecular complexity index is 1040. The molecule has 0 bridgehead atoms. The lowest BCUT2D eigenvalue weighted by Gasteiger charge is -2.31. The van der Waals surface area contributed by atoms with Crippen LogP contribution in [0.25, 0.3) is 0 Å². The van der Waals surface area contributed by atoms with E-state index in [0.29, 0.717) is 0 Å². The van der Waals surface area contributed by atoms with Crippen LogP contribution in [0.15, 0.2) is 35.3 Å². The first-order valence-corrected chi connectivity index (χ1v) is 10.3. The van der Waals surface area contributed by atoms with E-state index >= 15 is 0 Å². The van der Waals surface area contributed by atoms with Crippen molar-refractivity contribution in [2.45, 2.75) is 65.2 Å². The predicted octanol–water partition coefficient (Wildman–Crippen LogP) is 5.07. The van der Waals surface area contributed by atoms with E-state index in [1.807, 2.05) is 12.1 Å². The molecule has 0 amide bonds. The largest absolute Gasteiger partial charge is 0.493 e. The summed E-state index contributed by atoms with van der Waals surface area (Å²) >= 11 is 0. The molecule has 0 saturated carbocycles. The van der Waals surface area contributed by atoms with Crippen LogP contribution in [-0.4, -0.2) is 29.9 Å². The number of ether oxygens (including phenoxy) is 3. The first kappa shape index (κ1) is 23.1. The Morgan fingerprint density at radius 3 is 2.42 bits per heavy atom.